The second-order valence-electron chi connectivity index (χ2n) is 7.14. The van der Waals surface area contributed by atoms with Crippen LogP contribution in [-0.2, 0) is 0 Å². The van der Waals surface area contributed by atoms with Gasteiger partial charge in [0.05, 0.1) is 16.5 Å². The van der Waals surface area contributed by atoms with Gasteiger partial charge in [-0.2, -0.15) is 0 Å². The second-order valence-corrected chi connectivity index (χ2v) is 7.14. The molecule has 3 aromatic rings. The first-order chi connectivity index (χ1) is 12.8. The third-order valence-electron chi connectivity index (χ3n) is 5.48. The van der Waals surface area contributed by atoms with Crippen LogP contribution in [-0.4, -0.2) is 55.9 Å². The lowest BCUT2D eigenvalue weighted by molar-refractivity contribution is 0.0669. The van der Waals surface area contributed by atoms with Crippen molar-refractivity contribution in [2.45, 2.75) is 24.8 Å². The zero-order chi connectivity index (χ0) is 17.6. The average Bonchev–Trinajstić information content (AvgIpc) is 3.34. The van der Waals surface area contributed by atoms with Crippen molar-refractivity contribution in [2.75, 3.05) is 24.5 Å². The Kier molecular flexibility index (Phi) is 3.41. The number of nitrogens with one attached hydrogen (secondary N) is 1. The molecule has 26 heavy (non-hydrogen) atoms. The molecule has 3 aromatic heterocycles. The van der Waals surface area contributed by atoms with E-state index < -0.39 is 0 Å². The maximum atomic E-state index is 13.1. The van der Waals surface area contributed by atoms with E-state index in [1.165, 1.54) is 0 Å². The van der Waals surface area contributed by atoms with Crippen molar-refractivity contribution in [2.24, 2.45) is 0 Å². The van der Waals surface area contributed by atoms with Gasteiger partial charge in [0, 0.05) is 38.2 Å². The van der Waals surface area contributed by atoms with Gasteiger partial charge in [-0.1, -0.05) is 0 Å². The Bertz CT molecular complexity index is 949. The van der Waals surface area contributed by atoms with E-state index >= 15 is 0 Å². The van der Waals surface area contributed by atoms with Gasteiger partial charge in [0.15, 0.2) is 0 Å². The third kappa shape index (κ3) is 2.42. The largest absolute Gasteiger partial charge is 0.354 e. The fourth-order valence-electron chi connectivity index (χ4n) is 4.00. The fourth-order valence-corrected chi connectivity index (χ4v) is 4.00. The highest BCUT2D eigenvalue weighted by Gasteiger charge is 2.52. The summed E-state index contributed by atoms with van der Waals surface area (Å²) in [6.07, 6.45) is 9.86. The lowest BCUT2D eigenvalue weighted by Crippen LogP contribution is -2.46. The van der Waals surface area contributed by atoms with E-state index in [1.807, 2.05) is 24.4 Å². The molecule has 1 aliphatic carbocycles. The van der Waals surface area contributed by atoms with Crippen molar-refractivity contribution in [3.63, 3.8) is 0 Å². The predicted molar refractivity (Wildman–Crippen MR) is 98.0 cm³/mol. The molecule has 132 valence electrons. The molecule has 1 aliphatic heterocycles. The lowest BCUT2D eigenvalue weighted by Gasteiger charge is -2.32. The summed E-state index contributed by atoms with van der Waals surface area (Å²) in [7, 11) is 0. The monoisotopic (exact) mass is 348 g/mol. The molecule has 1 spiro atoms. The molecule has 4 heterocycles. The van der Waals surface area contributed by atoms with Crippen molar-refractivity contribution >= 4 is 22.8 Å². The van der Waals surface area contributed by atoms with Gasteiger partial charge in [-0.15, -0.1) is 0 Å². The number of nitrogens with zero attached hydrogens (tertiary/aromatic N) is 5. The number of amides is 1. The number of hydrogen-bond acceptors (Lipinski definition) is 5. The SMILES string of the molecule is O=C(c1cccnc1)N1CCCN(c2ncnc3[nH]ccc23)CC12CC2. The van der Waals surface area contributed by atoms with Crippen molar-refractivity contribution in [3.8, 4) is 0 Å². The van der Waals surface area contributed by atoms with Crippen LogP contribution >= 0.6 is 0 Å². The van der Waals surface area contributed by atoms with E-state index in [9.17, 15) is 4.79 Å². The molecule has 1 amide bonds. The van der Waals surface area contributed by atoms with Crippen molar-refractivity contribution < 1.29 is 4.79 Å². The Hall–Kier alpha value is -2.96. The number of fused-ring (bicyclic) bond motifs is 1. The summed E-state index contributed by atoms with van der Waals surface area (Å²) in [4.78, 5) is 33.5. The highest BCUT2D eigenvalue weighted by Crippen LogP contribution is 2.45. The lowest BCUT2D eigenvalue weighted by atomic mass is 10.1. The first-order valence-electron chi connectivity index (χ1n) is 9.02. The highest BCUT2D eigenvalue weighted by atomic mass is 16.2. The van der Waals surface area contributed by atoms with E-state index in [4.69, 9.17) is 0 Å². The van der Waals surface area contributed by atoms with Crippen molar-refractivity contribution in [1.29, 1.82) is 0 Å². The quantitative estimate of drug-likeness (QED) is 0.768. The Balaban J connectivity index is 1.46. The van der Waals surface area contributed by atoms with E-state index in [0.717, 1.165) is 55.7 Å². The molecule has 1 saturated heterocycles. The van der Waals surface area contributed by atoms with Crippen LogP contribution in [0.1, 0.15) is 29.6 Å². The first-order valence-corrected chi connectivity index (χ1v) is 9.02. The fraction of sp³-hybridized carbons (Fsp3) is 0.368. The molecule has 7 nitrogen and oxygen atoms in total. The standard InChI is InChI=1S/C19H20N6O/c26-18(14-3-1-7-20-11-14)25-10-2-9-24(12-19(25)5-6-19)17-15-4-8-21-16(15)22-13-23-17/h1,3-4,7-8,11,13H,2,5-6,9-10,12H2,(H,21,22,23). The van der Waals surface area contributed by atoms with Gasteiger partial charge < -0.3 is 14.8 Å². The molecule has 0 bridgehead atoms. The molecule has 1 saturated carbocycles. The highest BCUT2D eigenvalue weighted by molar-refractivity contribution is 5.95. The zero-order valence-electron chi connectivity index (χ0n) is 14.4. The van der Waals surface area contributed by atoms with Crippen LogP contribution in [0.5, 0.6) is 0 Å². The van der Waals surface area contributed by atoms with Crippen LogP contribution in [0.2, 0.25) is 0 Å². The van der Waals surface area contributed by atoms with E-state index in [1.54, 1.807) is 18.7 Å². The van der Waals surface area contributed by atoms with Gasteiger partial charge in [-0.05, 0) is 37.5 Å². The average molecular weight is 348 g/mol. The summed E-state index contributed by atoms with van der Waals surface area (Å²) in [5.41, 5.74) is 1.44. The topological polar surface area (TPSA) is 78.0 Å². The smallest absolute Gasteiger partial charge is 0.255 e. The Morgan fingerprint density at radius 1 is 1.19 bits per heavy atom. The van der Waals surface area contributed by atoms with Gasteiger partial charge >= 0.3 is 0 Å². The predicted octanol–water partition coefficient (Wildman–Crippen LogP) is 2.24. The minimum Gasteiger partial charge on any atom is -0.354 e. The molecule has 2 fully saturated rings. The molecule has 5 rings (SSSR count). The minimum absolute atomic E-state index is 0.0863. The summed E-state index contributed by atoms with van der Waals surface area (Å²) >= 11 is 0. The summed E-state index contributed by atoms with van der Waals surface area (Å²) in [6.45, 7) is 2.47. The van der Waals surface area contributed by atoms with E-state index in [2.05, 4.69) is 29.7 Å². The molecule has 0 atom stereocenters. The number of H-pyrrole nitrogens is 1. The summed E-state index contributed by atoms with van der Waals surface area (Å²) in [5.74, 6) is 1.05. The summed E-state index contributed by atoms with van der Waals surface area (Å²) < 4.78 is 0. The molecule has 7 heteroatoms. The second kappa shape index (κ2) is 5.79. The Morgan fingerprint density at radius 2 is 2.12 bits per heavy atom. The van der Waals surface area contributed by atoms with Crippen LogP contribution in [0.15, 0.2) is 43.1 Å². The molecule has 0 radical (unpaired) electrons. The van der Waals surface area contributed by atoms with Gasteiger partial charge in [0.25, 0.3) is 5.91 Å². The van der Waals surface area contributed by atoms with Gasteiger partial charge in [0.1, 0.15) is 17.8 Å². The Morgan fingerprint density at radius 3 is 2.92 bits per heavy atom. The first kappa shape index (κ1) is 15.3. The number of carbonyl (C=O) groups is 1. The number of aromatic nitrogens is 4. The zero-order valence-corrected chi connectivity index (χ0v) is 14.4. The van der Waals surface area contributed by atoms with Gasteiger partial charge in [-0.3, -0.25) is 9.78 Å². The van der Waals surface area contributed by atoms with Crippen LogP contribution in [0.25, 0.3) is 11.0 Å². The number of rotatable bonds is 2. The van der Waals surface area contributed by atoms with Gasteiger partial charge in [0.2, 0.25) is 0 Å². The van der Waals surface area contributed by atoms with E-state index in [-0.39, 0.29) is 11.4 Å². The van der Waals surface area contributed by atoms with E-state index in [0.29, 0.717) is 5.56 Å². The van der Waals surface area contributed by atoms with Crippen molar-refractivity contribution in [3.05, 3.63) is 48.7 Å². The summed E-state index contributed by atoms with van der Waals surface area (Å²) in [6, 6.07) is 5.69. The number of carbonyl (C=O) groups excluding carboxylic acids is 1. The molecular formula is C19H20N6O. The normalized spacial score (nSPS) is 18.9. The molecule has 0 aromatic carbocycles. The molecular weight excluding hydrogens is 328 g/mol. The molecule has 0 unspecified atom stereocenters. The minimum atomic E-state index is -0.0863. The van der Waals surface area contributed by atoms with Crippen LogP contribution in [0, 0.1) is 0 Å². The maximum absolute atomic E-state index is 13.1. The van der Waals surface area contributed by atoms with Crippen LogP contribution in [0.4, 0.5) is 5.82 Å². The van der Waals surface area contributed by atoms with Crippen LogP contribution in [0.3, 0.4) is 0 Å². The third-order valence-corrected chi connectivity index (χ3v) is 5.48. The summed E-state index contributed by atoms with van der Waals surface area (Å²) in [5, 5.41) is 1.04. The number of pyridine rings is 1. The van der Waals surface area contributed by atoms with Crippen molar-refractivity contribution in [1.82, 2.24) is 24.8 Å². The maximum Gasteiger partial charge on any atom is 0.255 e. The number of anilines is 1. The van der Waals surface area contributed by atoms with Gasteiger partial charge in [-0.25, -0.2) is 9.97 Å². The number of aromatic amines is 1. The Labute approximate surface area is 151 Å². The van der Waals surface area contributed by atoms with Crippen LogP contribution < -0.4 is 4.90 Å². The number of hydrogen-bond donors (Lipinski definition) is 1. The molecule has 1 N–H and O–H groups in total. The molecule has 2 aliphatic rings.